The number of carbonyl (C=O) groups is 1. The molecule has 4 rings (SSSR count). The Bertz CT molecular complexity index is 1180. The Morgan fingerprint density at radius 1 is 1.23 bits per heavy atom. The molecule has 1 aliphatic rings. The van der Waals surface area contributed by atoms with Gasteiger partial charge in [-0.15, -0.1) is 0 Å². The second-order valence-corrected chi connectivity index (χ2v) is 17.1. The second kappa shape index (κ2) is 10.2. The van der Waals surface area contributed by atoms with Gasteiger partial charge in [-0.3, -0.25) is 0 Å². The van der Waals surface area contributed by atoms with Crippen LogP contribution < -0.4 is 4.90 Å². The van der Waals surface area contributed by atoms with Crippen molar-refractivity contribution in [3.05, 3.63) is 42.2 Å². The zero-order chi connectivity index (χ0) is 25.2. The molecule has 188 valence electrons. The van der Waals surface area contributed by atoms with E-state index in [4.69, 9.17) is 19.4 Å². The Hall–Kier alpha value is -2.55. The predicted molar refractivity (Wildman–Crippen MR) is 144 cm³/mol. The van der Waals surface area contributed by atoms with Gasteiger partial charge < -0.3 is 23.7 Å². The highest BCUT2D eigenvalue weighted by Gasteiger charge is 2.27. The van der Waals surface area contributed by atoms with Gasteiger partial charge in [0.15, 0.2) is 5.65 Å². The monoisotopic (exact) mass is 494 g/mol. The second-order valence-electron chi connectivity index (χ2n) is 11.5. The fraction of sp³-hybridized carbons (Fsp3) is 0.519. The SMILES string of the molecule is COC1CN(c2cccc(-c3cnc4c(n3)c(CC(C)(C)C=O)cn4COCC[Si](C)(C)C)c2)C1. The van der Waals surface area contributed by atoms with Crippen LogP contribution >= 0.6 is 0 Å². The first-order valence-corrected chi connectivity index (χ1v) is 16.1. The van der Waals surface area contributed by atoms with Gasteiger partial charge in [0, 0.05) is 57.7 Å². The largest absolute Gasteiger partial charge is 0.378 e. The molecule has 0 saturated carbocycles. The van der Waals surface area contributed by atoms with Crippen molar-refractivity contribution in [2.45, 2.75) is 58.8 Å². The van der Waals surface area contributed by atoms with E-state index in [1.165, 1.54) is 0 Å². The van der Waals surface area contributed by atoms with E-state index in [0.717, 1.165) is 65.7 Å². The van der Waals surface area contributed by atoms with E-state index in [1.54, 1.807) is 7.11 Å². The molecule has 1 aliphatic heterocycles. The minimum atomic E-state index is -1.15. The number of nitrogens with zero attached hydrogens (tertiary/aromatic N) is 4. The lowest BCUT2D eigenvalue weighted by Gasteiger charge is -2.40. The van der Waals surface area contributed by atoms with Gasteiger partial charge in [-0.25, -0.2) is 9.97 Å². The highest BCUT2D eigenvalue weighted by Crippen LogP contribution is 2.30. The Morgan fingerprint density at radius 3 is 2.69 bits per heavy atom. The quantitative estimate of drug-likeness (QED) is 0.212. The lowest BCUT2D eigenvalue weighted by atomic mass is 9.88. The molecule has 0 atom stereocenters. The van der Waals surface area contributed by atoms with E-state index in [2.05, 4.69) is 55.0 Å². The normalized spacial score (nSPS) is 15.0. The molecule has 1 saturated heterocycles. The van der Waals surface area contributed by atoms with Crippen LogP contribution in [0.25, 0.3) is 22.4 Å². The van der Waals surface area contributed by atoms with Crippen LogP contribution in [-0.4, -0.2) is 61.8 Å². The molecular weight excluding hydrogens is 456 g/mol. The van der Waals surface area contributed by atoms with E-state index in [9.17, 15) is 4.79 Å². The summed E-state index contributed by atoms with van der Waals surface area (Å²) in [6.07, 6.45) is 5.80. The van der Waals surface area contributed by atoms with Gasteiger partial charge in [0.25, 0.3) is 0 Å². The van der Waals surface area contributed by atoms with Crippen LogP contribution in [0, 0.1) is 5.41 Å². The smallest absolute Gasteiger partial charge is 0.160 e. The number of rotatable bonds is 11. The third kappa shape index (κ3) is 6.18. The van der Waals surface area contributed by atoms with Crippen LogP contribution in [0.15, 0.2) is 36.7 Å². The number of fused-ring (bicyclic) bond motifs is 1. The Kier molecular flexibility index (Phi) is 7.45. The molecule has 3 aromatic rings. The average molecular weight is 495 g/mol. The van der Waals surface area contributed by atoms with Crippen LogP contribution in [-0.2, 0) is 27.4 Å². The summed E-state index contributed by atoms with van der Waals surface area (Å²) >= 11 is 0. The molecular formula is C27H38N4O3Si. The molecule has 2 aromatic heterocycles. The maximum absolute atomic E-state index is 11.7. The van der Waals surface area contributed by atoms with Crippen molar-refractivity contribution in [2.75, 3.05) is 31.7 Å². The Balaban J connectivity index is 1.63. The predicted octanol–water partition coefficient (Wildman–Crippen LogP) is 5.01. The molecule has 1 fully saturated rings. The molecule has 35 heavy (non-hydrogen) atoms. The summed E-state index contributed by atoms with van der Waals surface area (Å²) in [6.45, 7) is 13.9. The molecule has 0 radical (unpaired) electrons. The van der Waals surface area contributed by atoms with Crippen molar-refractivity contribution >= 4 is 31.2 Å². The molecule has 7 nitrogen and oxygen atoms in total. The van der Waals surface area contributed by atoms with Crippen molar-refractivity contribution in [3.8, 4) is 11.3 Å². The van der Waals surface area contributed by atoms with Crippen LogP contribution in [0.5, 0.6) is 0 Å². The van der Waals surface area contributed by atoms with Crippen molar-refractivity contribution < 1.29 is 14.3 Å². The molecule has 0 N–H and O–H groups in total. The van der Waals surface area contributed by atoms with E-state index in [0.29, 0.717) is 19.3 Å². The van der Waals surface area contributed by atoms with E-state index in [1.807, 2.05) is 24.6 Å². The molecule has 0 aliphatic carbocycles. The summed E-state index contributed by atoms with van der Waals surface area (Å²) < 4.78 is 13.5. The summed E-state index contributed by atoms with van der Waals surface area (Å²) in [7, 11) is 0.605. The van der Waals surface area contributed by atoms with Gasteiger partial charge in [0.05, 0.1) is 18.0 Å². The molecule has 1 aromatic carbocycles. The van der Waals surface area contributed by atoms with Gasteiger partial charge in [0.1, 0.15) is 18.5 Å². The molecule has 8 heteroatoms. The fourth-order valence-electron chi connectivity index (χ4n) is 4.22. The number of methoxy groups -OCH3 is 1. The zero-order valence-electron chi connectivity index (χ0n) is 21.9. The number of hydrogen-bond acceptors (Lipinski definition) is 6. The first-order chi connectivity index (χ1) is 16.6. The van der Waals surface area contributed by atoms with Crippen molar-refractivity contribution in [1.29, 1.82) is 0 Å². The zero-order valence-corrected chi connectivity index (χ0v) is 22.9. The minimum Gasteiger partial charge on any atom is -0.378 e. The molecule has 0 unspecified atom stereocenters. The fourth-order valence-corrected chi connectivity index (χ4v) is 4.98. The number of anilines is 1. The standard InChI is InChI=1S/C27H38N4O3Si/c1-27(2,18-32)13-21-15-31(19-34-10-11-35(4,5)6)26-25(21)29-24(14-28-26)20-8-7-9-22(12-20)30-16-23(17-30)33-3/h7-9,12,14-15,18,23H,10-11,13,16-17,19H2,1-6H3. The Labute approximate surface area is 209 Å². The first-order valence-electron chi connectivity index (χ1n) is 12.4. The molecule has 3 heterocycles. The summed E-state index contributed by atoms with van der Waals surface area (Å²) in [6, 6.07) is 9.52. The number of hydrogen-bond donors (Lipinski definition) is 0. The van der Waals surface area contributed by atoms with Gasteiger partial charge in [-0.1, -0.05) is 45.6 Å². The number of carbonyl (C=O) groups excluding carboxylic acids is 1. The molecule has 0 bridgehead atoms. The summed E-state index contributed by atoms with van der Waals surface area (Å²) in [5.74, 6) is 0. The van der Waals surface area contributed by atoms with Crippen molar-refractivity contribution in [1.82, 2.24) is 14.5 Å². The number of aromatic nitrogens is 3. The van der Waals surface area contributed by atoms with E-state index < -0.39 is 13.5 Å². The van der Waals surface area contributed by atoms with Gasteiger partial charge in [0.2, 0.25) is 0 Å². The average Bonchev–Trinajstić information content (AvgIpc) is 3.11. The highest BCUT2D eigenvalue weighted by atomic mass is 28.3. The van der Waals surface area contributed by atoms with Crippen molar-refractivity contribution in [2.24, 2.45) is 5.41 Å². The van der Waals surface area contributed by atoms with Crippen LogP contribution in [0.2, 0.25) is 25.7 Å². The third-order valence-corrected chi connectivity index (χ3v) is 8.23. The highest BCUT2D eigenvalue weighted by molar-refractivity contribution is 6.76. The van der Waals surface area contributed by atoms with Crippen molar-refractivity contribution in [3.63, 3.8) is 0 Å². The number of ether oxygens (including phenoxy) is 2. The summed E-state index contributed by atoms with van der Waals surface area (Å²) in [4.78, 5) is 23.8. The topological polar surface area (TPSA) is 69.5 Å². The van der Waals surface area contributed by atoms with Gasteiger partial charge in [-0.05, 0) is 30.2 Å². The minimum absolute atomic E-state index is 0.297. The lowest BCUT2D eigenvalue weighted by Crippen LogP contribution is -2.51. The van der Waals surface area contributed by atoms with Gasteiger partial charge >= 0.3 is 0 Å². The van der Waals surface area contributed by atoms with Crippen LogP contribution in [0.1, 0.15) is 19.4 Å². The maximum Gasteiger partial charge on any atom is 0.160 e. The summed E-state index contributed by atoms with van der Waals surface area (Å²) in [5, 5.41) is 0. The van der Waals surface area contributed by atoms with E-state index >= 15 is 0 Å². The molecule has 0 spiro atoms. The third-order valence-electron chi connectivity index (χ3n) is 6.52. The maximum atomic E-state index is 11.7. The lowest BCUT2D eigenvalue weighted by molar-refractivity contribution is -0.114. The number of benzene rings is 1. The van der Waals surface area contributed by atoms with Gasteiger partial charge in [-0.2, -0.15) is 0 Å². The van der Waals surface area contributed by atoms with Crippen LogP contribution in [0.4, 0.5) is 5.69 Å². The first kappa shape index (κ1) is 25.5. The number of aldehydes is 1. The van der Waals surface area contributed by atoms with E-state index in [-0.39, 0.29) is 0 Å². The Morgan fingerprint density at radius 2 is 2.00 bits per heavy atom. The van der Waals surface area contributed by atoms with Crippen LogP contribution in [0.3, 0.4) is 0 Å². The summed E-state index contributed by atoms with van der Waals surface area (Å²) in [5.41, 5.74) is 5.17. The molecule has 0 amide bonds.